The molecule has 2 atom stereocenters. The Kier molecular flexibility index (Phi) is 7.49. The molecule has 0 spiro atoms. The van der Waals surface area contributed by atoms with E-state index in [0.717, 1.165) is 6.42 Å². The maximum Gasteiger partial charge on any atom is 0.321 e. The lowest BCUT2D eigenvalue weighted by molar-refractivity contribution is -0.121. The molecule has 94 valence electrons. The third-order valence-electron chi connectivity index (χ3n) is 2.17. The molecule has 0 aliphatic carbocycles. The van der Waals surface area contributed by atoms with E-state index in [2.05, 4.69) is 16.0 Å². The van der Waals surface area contributed by atoms with Gasteiger partial charge in [0.25, 0.3) is 0 Å². The van der Waals surface area contributed by atoms with Gasteiger partial charge in [-0.25, -0.2) is 4.79 Å². The third-order valence-corrected chi connectivity index (χ3v) is 2.17. The molecule has 0 radical (unpaired) electrons. The summed E-state index contributed by atoms with van der Waals surface area (Å²) in [5, 5.41) is 16.5. The highest BCUT2D eigenvalue weighted by Gasteiger charge is 2.17. The summed E-state index contributed by atoms with van der Waals surface area (Å²) in [5.41, 5.74) is 0. The Morgan fingerprint density at radius 1 is 1.31 bits per heavy atom. The molecule has 0 heterocycles. The number of hydrogen-bond acceptors (Lipinski definition) is 4. The molecule has 0 saturated heterocycles. The number of amides is 3. The Bertz CT molecular complexity index is 229. The fourth-order valence-electron chi connectivity index (χ4n) is 1.15. The van der Waals surface area contributed by atoms with Gasteiger partial charge in [-0.05, 0) is 20.3 Å². The van der Waals surface area contributed by atoms with Gasteiger partial charge in [-0.3, -0.25) is 10.1 Å². The molecule has 0 aliphatic rings. The fraction of sp³-hybridized carbons (Fsp3) is 0.800. The van der Waals surface area contributed by atoms with Crippen molar-refractivity contribution in [3.8, 4) is 0 Å². The molecule has 3 amide bonds. The van der Waals surface area contributed by atoms with Crippen LogP contribution in [0.4, 0.5) is 4.79 Å². The first-order valence-corrected chi connectivity index (χ1v) is 5.50. The van der Waals surface area contributed by atoms with Crippen molar-refractivity contribution in [2.75, 3.05) is 13.2 Å². The Morgan fingerprint density at radius 2 is 1.94 bits per heavy atom. The summed E-state index contributed by atoms with van der Waals surface area (Å²) in [4.78, 5) is 22.5. The highest BCUT2D eigenvalue weighted by molar-refractivity contribution is 5.96. The molecule has 0 aromatic heterocycles. The summed E-state index contributed by atoms with van der Waals surface area (Å²) in [6.45, 7) is 5.75. The molecule has 4 N–H and O–H groups in total. The third kappa shape index (κ3) is 5.67. The summed E-state index contributed by atoms with van der Waals surface area (Å²) in [7, 11) is 0. The van der Waals surface area contributed by atoms with Crippen LogP contribution in [0.15, 0.2) is 0 Å². The van der Waals surface area contributed by atoms with Crippen molar-refractivity contribution in [2.45, 2.75) is 39.3 Å². The van der Waals surface area contributed by atoms with Crippen molar-refractivity contribution < 1.29 is 14.7 Å². The lowest BCUT2D eigenvalue weighted by atomic mass is 10.2. The zero-order chi connectivity index (χ0) is 12.6. The maximum absolute atomic E-state index is 11.5. The van der Waals surface area contributed by atoms with Gasteiger partial charge in [0, 0.05) is 12.6 Å². The molecule has 0 bridgehead atoms. The number of urea groups is 1. The van der Waals surface area contributed by atoms with Crippen molar-refractivity contribution in [3.63, 3.8) is 0 Å². The van der Waals surface area contributed by atoms with Gasteiger partial charge in [0.05, 0.1) is 12.6 Å². The Labute approximate surface area is 95.8 Å². The van der Waals surface area contributed by atoms with Crippen LogP contribution in [0.5, 0.6) is 0 Å². The van der Waals surface area contributed by atoms with E-state index in [1.54, 1.807) is 13.8 Å². The predicted octanol–water partition coefficient (Wildman–Crippen LogP) is -0.419. The molecule has 0 rings (SSSR count). The Balaban J connectivity index is 4.02. The molecule has 0 aromatic carbocycles. The van der Waals surface area contributed by atoms with Crippen LogP contribution in [-0.2, 0) is 4.79 Å². The van der Waals surface area contributed by atoms with E-state index in [0.29, 0.717) is 6.54 Å². The quantitative estimate of drug-likeness (QED) is 0.500. The first-order chi connectivity index (χ1) is 7.54. The minimum absolute atomic E-state index is 0.0325. The average molecular weight is 231 g/mol. The number of carbonyl (C=O) groups is 2. The lowest BCUT2D eigenvalue weighted by Gasteiger charge is -2.19. The van der Waals surface area contributed by atoms with Gasteiger partial charge in [-0.1, -0.05) is 6.92 Å². The standard InChI is InChI=1S/C10H21N3O3/c1-4-8(6-14)12-7(3)9(15)13-10(16)11-5-2/h7-8,12,14H,4-6H2,1-3H3,(H2,11,13,15,16). The number of hydrogen-bond donors (Lipinski definition) is 4. The van der Waals surface area contributed by atoms with Gasteiger partial charge in [0.15, 0.2) is 0 Å². The summed E-state index contributed by atoms with van der Waals surface area (Å²) < 4.78 is 0. The van der Waals surface area contributed by atoms with Crippen molar-refractivity contribution in [2.24, 2.45) is 0 Å². The van der Waals surface area contributed by atoms with Crippen LogP contribution in [0.2, 0.25) is 0 Å². The van der Waals surface area contributed by atoms with Crippen LogP contribution in [0, 0.1) is 0 Å². The maximum atomic E-state index is 11.5. The normalized spacial score (nSPS) is 14.0. The van der Waals surface area contributed by atoms with Crippen molar-refractivity contribution in [1.29, 1.82) is 0 Å². The van der Waals surface area contributed by atoms with Gasteiger partial charge < -0.3 is 15.7 Å². The zero-order valence-corrected chi connectivity index (χ0v) is 10.0. The summed E-state index contributed by atoms with van der Waals surface area (Å²) in [6, 6.07) is -1.15. The molecule has 0 aliphatic heterocycles. The van der Waals surface area contributed by atoms with Gasteiger partial charge in [-0.2, -0.15) is 0 Å². The molecule has 0 saturated carbocycles. The molecule has 0 aromatic rings. The van der Waals surface area contributed by atoms with E-state index in [1.807, 2.05) is 6.92 Å². The van der Waals surface area contributed by atoms with Gasteiger partial charge in [0.2, 0.25) is 5.91 Å². The molecule has 6 nitrogen and oxygen atoms in total. The lowest BCUT2D eigenvalue weighted by Crippen LogP contribution is -2.51. The highest BCUT2D eigenvalue weighted by atomic mass is 16.3. The Hall–Kier alpha value is -1.14. The predicted molar refractivity (Wildman–Crippen MR) is 61.0 cm³/mol. The van der Waals surface area contributed by atoms with Crippen LogP contribution in [-0.4, -0.2) is 42.3 Å². The van der Waals surface area contributed by atoms with Gasteiger partial charge >= 0.3 is 6.03 Å². The number of aliphatic hydroxyl groups excluding tert-OH is 1. The number of carbonyl (C=O) groups excluding carboxylic acids is 2. The van der Waals surface area contributed by atoms with E-state index in [9.17, 15) is 9.59 Å². The van der Waals surface area contributed by atoms with Gasteiger partial charge in [0.1, 0.15) is 0 Å². The second-order valence-electron chi connectivity index (χ2n) is 3.52. The monoisotopic (exact) mass is 231 g/mol. The van der Waals surface area contributed by atoms with E-state index in [-0.39, 0.29) is 12.6 Å². The number of rotatable bonds is 6. The molecule has 6 heteroatoms. The minimum Gasteiger partial charge on any atom is -0.395 e. The van der Waals surface area contributed by atoms with E-state index in [1.165, 1.54) is 0 Å². The molecular formula is C10H21N3O3. The Morgan fingerprint density at radius 3 is 2.38 bits per heavy atom. The first kappa shape index (κ1) is 14.9. The van der Waals surface area contributed by atoms with Crippen LogP contribution >= 0.6 is 0 Å². The van der Waals surface area contributed by atoms with Crippen LogP contribution in [0.3, 0.4) is 0 Å². The first-order valence-electron chi connectivity index (χ1n) is 5.50. The number of aliphatic hydroxyl groups is 1. The minimum atomic E-state index is -0.514. The van der Waals surface area contributed by atoms with Crippen LogP contribution in [0.1, 0.15) is 27.2 Å². The average Bonchev–Trinajstić information content (AvgIpc) is 2.25. The zero-order valence-electron chi connectivity index (χ0n) is 10.0. The van der Waals surface area contributed by atoms with Crippen LogP contribution < -0.4 is 16.0 Å². The summed E-state index contributed by atoms with van der Waals surface area (Å²) >= 11 is 0. The summed E-state index contributed by atoms with van der Waals surface area (Å²) in [5.74, 6) is -0.405. The van der Waals surface area contributed by atoms with Crippen molar-refractivity contribution >= 4 is 11.9 Å². The topological polar surface area (TPSA) is 90.5 Å². The number of nitrogens with one attached hydrogen (secondary N) is 3. The number of imide groups is 1. The summed E-state index contributed by atoms with van der Waals surface area (Å²) in [6.07, 6.45) is 0.718. The van der Waals surface area contributed by atoms with Crippen molar-refractivity contribution in [3.05, 3.63) is 0 Å². The van der Waals surface area contributed by atoms with Crippen molar-refractivity contribution in [1.82, 2.24) is 16.0 Å². The molecule has 2 unspecified atom stereocenters. The largest absolute Gasteiger partial charge is 0.395 e. The van der Waals surface area contributed by atoms with E-state index < -0.39 is 18.0 Å². The molecule has 0 fully saturated rings. The van der Waals surface area contributed by atoms with E-state index >= 15 is 0 Å². The van der Waals surface area contributed by atoms with Gasteiger partial charge in [-0.15, -0.1) is 0 Å². The SMILES string of the molecule is CCNC(=O)NC(=O)C(C)NC(CC)CO. The van der Waals surface area contributed by atoms with Crippen LogP contribution in [0.25, 0.3) is 0 Å². The smallest absolute Gasteiger partial charge is 0.321 e. The second kappa shape index (κ2) is 8.06. The highest BCUT2D eigenvalue weighted by Crippen LogP contribution is 1.92. The van der Waals surface area contributed by atoms with E-state index in [4.69, 9.17) is 5.11 Å². The molecule has 16 heavy (non-hydrogen) atoms. The second-order valence-corrected chi connectivity index (χ2v) is 3.52. The fourth-order valence-corrected chi connectivity index (χ4v) is 1.15. The molecular weight excluding hydrogens is 210 g/mol.